The fourth-order valence-corrected chi connectivity index (χ4v) is 2.71. The Balaban J connectivity index is 2.20. The molecule has 1 amide bonds. The van der Waals surface area contributed by atoms with Crippen LogP contribution in [0, 0.1) is 5.41 Å². The van der Waals surface area contributed by atoms with Crippen LogP contribution in [-0.4, -0.2) is 23.0 Å². The molecular weight excluding hydrogens is 280 g/mol. The van der Waals surface area contributed by atoms with Crippen molar-refractivity contribution in [1.82, 2.24) is 0 Å². The molecule has 1 aliphatic carbocycles. The lowest BCUT2D eigenvalue weighted by Gasteiger charge is -2.27. The summed E-state index contributed by atoms with van der Waals surface area (Å²) in [7, 11) is 0. The van der Waals surface area contributed by atoms with Gasteiger partial charge in [-0.3, -0.25) is 4.79 Å². The second kappa shape index (κ2) is 5.42. The molecule has 6 heteroatoms. The smallest absolute Gasteiger partial charge is 0.337 e. The molecule has 0 aliphatic heterocycles. The summed E-state index contributed by atoms with van der Waals surface area (Å²) >= 11 is 5.79. The van der Waals surface area contributed by atoms with Crippen molar-refractivity contribution in [2.75, 3.05) is 5.32 Å². The minimum Gasteiger partial charge on any atom is -0.478 e. The molecule has 0 saturated heterocycles. The summed E-state index contributed by atoms with van der Waals surface area (Å²) in [4.78, 5) is 23.4. The van der Waals surface area contributed by atoms with Gasteiger partial charge in [-0.2, -0.15) is 0 Å². The van der Waals surface area contributed by atoms with Gasteiger partial charge in [-0.1, -0.05) is 18.0 Å². The highest BCUT2D eigenvalue weighted by Gasteiger charge is 2.42. The van der Waals surface area contributed by atoms with Crippen molar-refractivity contribution in [3.63, 3.8) is 0 Å². The molecule has 1 aromatic carbocycles. The lowest BCUT2D eigenvalue weighted by atomic mass is 9.84. The Morgan fingerprint density at radius 3 is 2.75 bits per heavy atom. The van der Waals surface area contributed by atoms with Crippen LogP contribution in [0.4, 0.5) is 5.69 Å². The third-order valence-electron chi connectivity index (χ3n) is 4.00. The molecule has 1 fully saturated rings. The zero-order valence-corrected chi connectivity index (χ0v) is 11.9. The average Bonchev–Trinajstić information content (AvgIpc) is 2.73. The number of carbonyl (C=O) groups is 2. The monoisotopic (exact) mass is 296 g/mol. The summed E-state index contributed by atoms with van der Waals surface area (Å²) in [5, 5.41) is 11.9. The molecule has 2 unspecified atom stereocenters. The molecule has 0 heterocycles. The number of rotatable bonds is 3. The van der Waals surface area contributed by atoms with Gasteiger partial charge in [0.15, 0.2) is 0 Å². The molecule has 20 heavy (non-hydrogen) atoms. The van der Waals surface area contributed by atoms with E-state index in [9.17, 15) is 9.59 Å². The number of carboxylic acid groups (broad SMARTS) is 1. The normalized spacial score (nSPS) is 25.4. The van der Waals surface area contributed by atoms with Crippen molar-refractivity contribution in [2.45, 2.75) is 32.2 Å². The van der Waals surface area contributed by atoms with Crippen molar-refractivity contribution in [2.24, 2.45) is 11.1 Å². The van der Waals surface area contributed by atoms with Crippen molar-refractivity contribution >= 4 is 29.2 Å². The Morgan fingerprint density at radius 1 is 1.50 bits per heavy atom. The summed E-state index contributed by atoms with van der Waals surface area (Å²) in [6, 6.07) is 4.22. The summed E-state index contributed by atoms with van der Waals surface area (Å²) in [5.74, 6) is -1.31. The summed E-state index contributed by atoms with van der Waals surface area (Å²) in [5.41, 5.74) is 5.76. The first-order valence-electron chi connectivity index (χ1n) is 6.44. The first kappa shape index (κ1) is 14.8. The minimum absolute atomic E-state index is 0.0367. The number of benzene rings is 1. The Morgan fingerprint density at radius 2 is 2.20 bits per heavy atom. The highest BCUT2D eigenvalue weighted by Crippen LogP contribution is 2.37. The molecule has 2 atom stereocenters. The zero-order chi connectivity index (χ0) is 14.9. The fourth-order valence-electron chi connectivity index (χ4n) is 2.52. The SMILES string of the molecule is CC1(C(=O)Nc2ccc(Cl)c(C(=O)O)c2)CCCC1N. The molecule has 0 spiro atoms. The van der Waals surface area contributed by atoms with Crippen LogP contribution in [-0.2, 0) is 4.79 Å². The number of carbonyl (C=O) groups excluding carboxylic acids is 1. The predicted molar refractivity (Wildman–Crippen MR) is 77.0 cm³/mol. The van der Waals surface area contributed by atoms with Crippen LogP contribution in [0.15, 0.2) is 18.2 Å². The summed E-state index contributed by atoms with van der Waals surface area (Å²) in [6.07, 6.45) is 2.48. The largest absolute Gasteiger partial charge is 0.478 e. The van der Waals surface area contributed by atoms with Gasteiger partial charge in [0.25, 0.3) is 0 Å². The maximum Gasteiger partial charge on any atom is 0.337 e. The lowest BCUT2D eigenvalue weighted by molar-refractivity contribution is -0.125. The molecule has 108 valence electrons. The summed E-state index contributed by atoms with van der Waals surface area (Å²) < 4.78 is 0. The van der Waals surface area contributed by atoms with Crippen LogP contribution in [0.1, 0.15) is 36.5 Å². The van der Waals surface area contributed by atoms with Gasteiger partial charge in [0.2, 0.25) is 5.91 Å². The fraction of sp³-hybridized carbons (Fsp3) is 0.429. The lowest BCUT2D eigenvalue weighted by Crippen LogP contribution is -2.44. The number of aromatic carboxylic acids is 1. The summed E-state index contributed by atoms with van der Waals surface area (Å²) in [6.45, 7) is 1.84. The number of amides is 1. The topological polar surface area (TPSA) is 92.4 Å². The number of anilines is 1. The van der Waals surface area contributed by atoms with Crippen LogP contribution in [0.3, 0.4) is 0 Å². The number of hydrogen-bond donors (Lipinski definition) is 3. The highest BCUT2D eigenvalue weighted by molar-refractivity contribution is 6.33. The van der Waals surface area contributed by atoms with Gasteiger partial charge in [-0.15, -0.1) is 0 Å². The second-order valence-corrected chi connectivity index (χ2v) is 5.78. The number of halogens is 1. The number of hydrogen-bond acceptors (Lipinski definition) is 3. The van der Waals surface area contributed by atoms with Crippen LogP contribution in [0.25, 0.3) is 0 Å². The molecule has 1 aromatic rings. The Labute approximate surface area is 122 Å². The van der Waals surface area contributed by atoms with E-state index in [1.165, 1.54) is 12.1 Å². The van der Waals surface area contributed by atoms with E-state index in [1.807, 2.05) is 6.92 Å². The van der Waals surface area contributed by atoms with Gasteiger partial charge in [0.05, 0.1) is 16.0 Å². The first-order chi connectivity index (χ1) is 9.34. The van der Waals surface area contributed by atoms with Crippen molar-refractivity contribution in [3.05, 3.63) is 28.8 Å². The van der Waals surface area contributed by atoms with E-state index in [-0.39, 0.29) is 22.5 Å². The van der Waals surface area contributed by atoms with Crippen LogP contribution >= 0.6 is 11.6 Å². The second-order valence-electron chi connectivity index (χ2n) is 5.37. The van der Waals surface area contributed by atoms with Crippen LogP contribution < -0.4 is 11.1 Å². The molecule has 0 bridgehead atoms. The standard InChI is InChI=1S/C14H17ClN2O3/c1-14(6-2-3-11(14)16)13(20)17-8-4-5-10(15)9(7-8)12(18)19/h4-5,7,11H,2-3,6,16H2,1H3,(H,17,20)(H,18,19). The molecule has 0 radical (unpaired) electrons. The van der Waals surface area contributed by atoms with E-state index < -0.39 is 11.4 Å². The molecule has 5 nitrogen and oxygen atoms in total. The minimum atomic E-state index is -1.13. The van der Waals surface area contributed by atoms with E-state index in [4.69, 9.17) is 22.4 Å². The third-order valence-corrected chi connectivity index (χ3v) is 4.33. The zero-order valence-electron chi connectivity index (χ0n) is 11.1. The van der Waals surface area contributed by atoms with E-state index in [2.05, 4.69) is 5.32 Å². The molecule has 1 saturated carbocycles. The van der Waals surface area contributed by atoms with Gasteiger partial charge in [0.1, 0.15) is 0 Å². The van der Waals surface area contributed by atoms with Crippen molar-refractivity contribution < 1.29 is 14.7 Å². The molecule has 1 aliphatic rings. The van der Waals surface area contributed by atoms with Gasteiger partial charge >= 0.3 is 5.97 Å². The van der Waals surface area contributed by atoms with Crippen LogP contribution in [0.2, 0.25) is 5.02 Å². The number of nitrogens with two attached hydrogens (primary N) is 1. The quantitative estimate of drug-likeness (QED) is 0.799. The molecule has 4 N–H and O–H groups in total. The van der Waals surface area contributed by atoms with Crippen LogP contribution in [0.5, 0.6) is 0 Å². The predicted octanol–water partition coefficient (Wildman–Crippen LogP) is 2.49. The van der Waals surface area contributed by atoms with Gasteiger partial charge in [0, 0.05) is 11.7 Å². The van der Waals surface area contributed by atoms with Gasteiger partial charge < -0.3 is 16.2 Å². The Kier molecular flexibility index (Phi) is 4.01. The first-order valence-corrected chi connectivity index (χ1v) is 6.82. The molecule has 2 rings (SSSR count). The van der Waals surface area contributed by atoms with Crippen molar-refractivity contribution in [1.29, 1.82) is 0 Å². The van der Waals surface area contributed by atoms with Gasteiger partial charge in [-0.25, -0.2) is 4.79 Å². The highest BCUT2D eigenvalue weighted by atomic mass is 35.5. The van der Waals surface area contributed by atoms with E-state index in [0.717, 1.165) is 19.3 Å². The maximum atomic E-state index is 12.3. The van der Waals surface area contributed by atoms with Crippen molar-refractivity contribution in [3.8, 4) is 0 Å². The molecular formula is C14H17ClN2O3. The molecule has 0 aromatic heterocycles. The number of nitrogens with one attached hydrogen (secondary N) is 1. The maximum absolute atomic E-state index is 12.3. The number of carboxylic acids is 1. The average molecular weight is 297 g/mol. The van der Waals surface area contributed by atoms with E-state index in [0.29, 0.717) is 5.69 Å². The van der Waals surface area contributed by atoms with E-state index >= 15 is 0 Å². The third kappa shape index (κ3) is 2.64. The Hall–Kier alpha value is -1.59. The van der Waals surface area contributed by atoms with E-state index in [1.54, 1.807) is 6.07 Å². The Bertz CT molecular complexity index is 561. The van der Waals surface area contributed by atoms with Gasteiger partial charge in [-0.05, 0) is 38.0 Å².